The van der Waals surface area contributed by atoms with Crippen molar-refractivity contribution in [2.75, 3.05) is 46.3 Å². The van der Waals surface area contributed by atoms with E-state index in [-0.39, 0.29) is 17.7 Å². The predicted octanol–water partition coefficient (Wildman–Crippen LogP) is 1.84. The highest BCUT2D eigenvalue weighted by atomic mass is 16.3. The van der Waals surface area contributed by atoms with Crippen LogP contribution in [0.25, 0.3) is 11.1 Å². The Balaban J connectivity index is 1.19. The van der Waals surface area contributed by atoms with Crippen molar-refractivity contribution in [2.45, 2.75) is 24.9 Å². The molecule has 2 amide bonds. The van der Waals surface area contributed by atoms with Gasteiger partial charge in [-0.05, 0) is 48.7 Å². The Labute approximate surface area is 200 Å². The number of piperazine rings is 1. The van der Waals surface area contributed by atoms with Gasteiger partial charge in [0.25, 0.3) is 11.8 Å². The number of likely N-dealkylation sites (tertiary alicyclic amines) is 1. The van der Waals surface area contributed by atoms with Crippen LogP contribution in [0, 0.1) is 5.92 Å². The van der Waals surface area contributed by atoms with Crippen LogP contribution in [0.2, 0.25) is 0 Å². The van der Waals surface area contributed by atoms with Crippen LogP contribution in [0.15, 0.2) is 48.5 Å². The molecule has 1 aliphatic carbocycles. The van der Waals surface area contributed by atoms with E-state index in [0.29, 0.717) is 56.8 Å². The molecular formula is C27H31N3O4. The highest BCUT2D eigenvalue weighted by Gasteiger charge is 2.50. The number of nitrogens with zero attached hydrogens (tertiary/aromatic N) is 3. The Bertz CT molecular complexity index is 1100. The molecule has 0 bridgehead atoms. The first-order valence-corrected chi connectivity index (χ1v) is 12.0. The van der Waals surface area contributed by atoms with Gasteiger partial charge in [0.1, 0.15) is 11.4 Å². The topological polar surface area (TPSA) is 81.2 Å². The minimum Gasteiger partial charge on any atom is -0.380 e. The lowest BCUT2D eigenvalue weighted by Gasteiger charge is -2.35. The fourth-order valence-corrected chi connectivity index (χ4v) is 4.84. The number of rotatable bonds is 6. The average Bonchev–Trinajstić information content (AvgIpc) is 3.60. The average molecular weight is 462 g/mol. The summed E-state index contributed by atoms with van der Waals surface area (Å²) in [5, 5.41) is 10.0. The van der Waals surface area contributed by atoms with Gasteiger partial charge in [0.2, 0.25) is 0 Å². The highest BCUT2D eigenvalue weighted by Crippen LogP contribution is 2.37. The van der Waals surface area contributed by atoms with E-state index < -0.39 is 5.60 Å². The molecule has 3 aliphatic rings. The van der Waals surface area contributed by atoms with Crippen molar-refractivity contribution in [3.8, 4) is 11.1 Å². The van der Waals surface area contributed by atoms with Crippen LogP contribution < -0.4 is 0 Å². The standard InChI is InChI=1S/C27H31N3O4/c1-28-17-23(18-28)24(31)16-19-3-2-4-22(15-19)20-5-7-21(8-6-20)25(32)29-11-13-30(14-12-29)26(33)27(34)9-10-27/h2-8,15,23,34H,9-14,16-18H2,1H3. The molecule has 178 valence electrons. The van der Waals surface area contributed by atoms with Crippen molar-refractivity contribution in [1.82, 2.24) is 14.7 Å². The summed E-state index contributed by atoms with van der Waals surface area (Å²) in [4.78, 5) is 43.3. The van der Waals surface area contributed by atoms with E-state index in [2.05, 4.69) is 11.0 Å². The van der Waals surface area contributed by atoms with Gasteiger partial charge in [-0.25, -0.2) is 0 Å². The number of benzene rings is 2. The molecule has 0 spiro atoms. The lowest BCUT2D eigenvalue weighted by molar-refractivity contribution is -0.143. The van der Waals surface area contributed by atoms with E-state index in [1.54, 1.807) is 9.80 Å². The molecule has 2 aromatic carbocycles. The maximum absolute atomic E-state index is 13.0. The van der Waals surface area contributed by atoms with Gasteiger partial charge in [-0.1, -0.05) is 36.4 Å². The van der Waals surface area contributed by atoms with E-state index in [9.17, 15) is 19.5 Å². The summed E-state index contributed by atoms with van der Waals surface area (Å²) in [6.45, 7) is 3.54. The van der Waals surface area contributed by atoms with Crippen LogP contribution >= 0.6 is 0 Å². The molecule has 2 saturated heterocycles. The molecule has 0 radical (unpaired) electrons. The van der Waals surface area contributed by atoms with Crippen molar-refractivity contribution >= 4 is 17.6 Å². The highest BCUT2D eigenvalue weighted by molar-refractivity contribution is 5.95. The first-order chi connectivity index (χ1) is 16.3. The summed E-state index contributed by atoms with van der Waals surface area (Å²) < 4.78 is 0. The number of amides is 2. The molecule has 7 heteroatoms. The molecule has 0 unspecified atom stereocenters. The molecular weight excluding hydrogens is 430 g/mol. The largest absolute Gasteiger partial charge is 0.380 e. The second-order valence-electron chi connectivity index (χ2n) is 9.95. The molecule has 0 aromatic heterocycles. The molecule has 1 N–H and O–H groups in total. The Morgan fingerprint density at radius 1 is 0.912 bits per heavy atom. The summed E-state index contributed by atoms with van der Waals surface area (Å²) in [5.41, 5.74) is 2.51. The maximum Gasteiger partial charge on any atom is 0.254 e. The third-order valence-corrected chi connectivity index (χ3v) is 7.27. The number of hydrogen-bond donors (Lipinski definition) is 1. The van der Waals surface area contributed by atoms with Crippen LogP contribution in [0.5, 0.6) is 0 Å². The molecule has 2 aromatic rings. The normalized spacial score (nSPS) is 20.1. The van der Waals surface area contributed by atoms with Gasteiger partial charge < -0.3 is 19.8 Å². The number of aliphatic hydroxyl groups is 1. The predicted molar refractivity (Wildman–Crippen MR) is 128 cm³/mol. The van der Waals surface area contributed by atoms with Crippen LogP contribution in [0.3, 0.4) is 0 Å². The third kappa shape index (κ3) is 4.63. The Morgan fingerprint density at radius 3 is 2.18 bits per heavy atom. The maximum atomic E-state index is 13.0. The van der Waals surface area contributed by atoms with Crippen molar-refractivity contribution in [2.24, 2.45) is 5.92 Å². The van der Waals surface area contributed by atoms with Crippen molar-refractivity contribution in [3.63, 3.8) is 0 Å². The minimum atomic E-state index is -1.15. The monoisotopic (exact) mass is 461 g/mol. The third-order valence-electron chi connectivity index (χ3n) is 7.27. The van der Waals surface area contributed by atoms with Gasteiger partial charge in [-0.2, -0.15) is 0 Å². The van der Waals surface area contributed by atoms with Gasteiger partial charge in [-0.15, -0.1) is 0 Å². The quantitative estimate of drug-likeness (QED) is 0.710. The number of carbonyl (C=O) groups excluding carboxylic acids is 3. The number of ketones is 1. The summed E-state index contributed by atoms with van der Waals surface area (Å²) in [6.07, 6.45) is 1.53. The molecule has 1 saturated carbocycles. The van der Waals surface area contributed by atoms with Gasteiger partial charge in [0.15, 0.2) is 0 Å². The van der Waals surface area contributed by atoms with Gasteiger partial charge in [-0.3, -0.25) is 14.4 Å². The van der Waals surface area contributed by atoms with Gasteiger partial charge in [0.05, 0.1) is 0 Å². The van der Waals surface area contributed by atoms with Crippen LogP contribution in [0.1, 0.15) is 28.8 Å². The SMILES string of the molecule is CN1CC(C(=O)Cc2cccc(-c3ccc(C(=O)N4CCN(C(=O)C5(O)CC5)CC4)cc3)c2)C1. The smallest absolute Gasteiger partial charge is 0.254 e. The molecule has 5 rings (SSSR count). The van der Waals surface area contributed by atoms with Gasteiger partial charge in [0, 0.05) is 57.2 Å². The summed E-state index contributed by atoms with van der Waals surface area (Å²) in [6, 6.07) is 15.6. The zero-order valence-electron chi connectivity index (χ0n) is 19.6. The lowest BCUT2D eigenvalue weighted by atomic mass is 9.91. The Morgan fingerprint density at radius 2 is 1.56 bits per heavy atom. The molecule has 2 heterocycles. The van der Waals surface area contributed by atoms with E-state index in [0.717, 1.165) is 29.8 Å². The second kappa shape index (κ2) is 8.96. The van der Waals surface area contributed by atoms with Crippen molar-refractivity contribution in [1.29, 1.82) is 0 Å². The molecule has 7 nitrogen and oxygen atoms in total. The Hall–Kier alpha value is -3.03. The van der Waals surface area contributed by atoms with Crippen LogP contribution in [0.4, 0.5) is 0 Å². The van der Waals surface area contributed by atoms with Gasteiger partial charge >= 0.3 is 0 Å². The first kappa shape index (κ1) is 22.7. The molecule has 34 heavy (non-hydrogen) atoms. The Kier molecular flexibility index (Phi) is 6.00. The van der Waals surface area contributed by atoms with Crippen LogP contribution in [-0.2, 0) is 16.0 Å². The number of hydrogen-bond acceptors (Lipinski definition) is 5. The van der Waals surface area contributed by atoms with Crippen LogP contribution in [-0.4, -0.2) is 89.3 Å². The number of Topliss-reactive ketones (excluding diaryl/α,β-unsaturated/α-hetero) is 1. The summed E-state index contributed by atoms with van der Waals surface area (Å²) in [7, 11) is 2.03. The minimum absolute atomic E-state index is 0.0476. The summed E-state index contributed by atoms with van der Waals surface area (Å²) >= 11 is 0. The molecule has 3 fully saturated rings. The van der Waals surface area contributed by atoms with E-state index in [1.807, 2.05) is 49.5 Å². The van der Waals surface area contributed by atoms with E-state index in [4.69, 9.17) is 0 Å². The fourth-order valence-electron chi connectivity index (χ4n) is 4.84. The second-order valence-corrected chi connectivity index (χ2v) is 9.95. The van der Waals surface area contributed by atoms with Crippen molar-refractivity contribution < 1.29 is 19.5 Å². The lowest BCUT2D eigenvalue weighted by Crippen LogP contribution is -2.53. The molecule has 0 atom stereocenters. The summed E-state index contributed by atoms with van der Waals surface area (Å²) in [5.74, 6) is 0.197. The van der Waals surface area contributed by atoms with Crippen molar-refractivity contribution in [3.05, 3.63) is 59.7 Å². The number of carbonyl (C=O) groups is 3. The zero-order chi connectivity index (χ0) is 23.9. The van der Waals surface area contributed by atoms with E-state index in [1.165, 1.54) is 0 Å². The molecule has 2 aliphatic heterocycles. The fraction of sp³-hybridized carbons (Fsp3) is 0.444. The first-order valence-electron chi connectivity index (χ1n) is 12.0. The zero-order valence-corrected chi connectivity index (χ0v) is 19.6. The van der Waals surface area contributed by atoms with E-state index >= 15 is 0 Å².